The summed E-state index contributed by atoms with van der Waals surface area (Å²) >= 11 is 0. The summed E-state index contributed by atoms with van der Waals surface area (Å²) < 4.78 is 7.31. The minimum atomic E-state index is 0.340. The first kappa shape index (κ1) is 11.5. The minimum Gasteiger partial charge on any atom is -0.377 e. The molecule has 0 spiro atoms. The molecule has 5 nitrogen and oxygen atoms in total. The molecule has 1 aliphatic heterocycles. The first-order valence-electron chi connectivity index (χ1n) is 5.81. The molecule has 90 valence electrons. The number of nitrogens with zero attached hydrogens (tertiary/aromatic N) is 4. The van der Waals surface area contributed by atoms with Gasteiger partial charge in [0.1, 0.15) is 12.4 Å². The third-order valence-corrected chi connectivity index (χ3v) is 3.25. The Balaban J connectivity index is 2.25. The first-order valence-corrected chi connectivity index (χ1v) is 5.81. The van der Waals surface area contributed by atoms with Crippen molar-refractivity contribution in [3.8, 4) is 0 Å². The number of methoxy groups -OCH3 is 1. The minimum absolute atomic E-state index is 0.340. The van der Waals surface area contributed by atoms with Gasteiger partial charge in [0.2, 0.25) is 0 Å². The van der Waals surface area contributed by atoms with Crippen LogP contribution in [0, 0.1) is 0 Å². The maximum atomic E-state index is 5.12. The average Bonchev–Trinajstić information content (AvgIpc) is 2.63. The molecule has 0 fully saturated rings. The van der Waals surface area contributed by atoms with E-state index in [2.05, 4.69) is 40.4 Å². The van der Waals surface area contributed by atoms with Gasteiger partial charge in [0.05, 0.1) is 6.04 Å². The van der Waals surface area contributed by atoms with Crippen molar-refractivity contribution in [3.05, 3.63) is 11.6 Å². The molecule has 1 atom stereocenters. The van der Waals surface area contributed by atoms with Gasteiger partial charge < -0.3 is 9.30 Å². The highest BCUT2D eigenvalue weighted by Crippen LogP contribution is 2.25. The van der Waals surface area contributed by atoms with Crippen LogP contribution in [0.25, 0.3) is 0 Å². The van der Waals surface area contributed by atoms with Gasteiger partial charge in [-0.25, -0.2) is 0 Å². The van der Waals surface area contributed by atoms with E-state index < -0.39 is 0 Å². The highest BCUT2D eigenvalue weighted by atomic mass is 16.5. The summed E-state index contributed by atoms with van der Waals surface area (Å²) in [6, 6.07) is 0.887. The van der Waals surface area contributed by atoms with Gasteiger partial charge in [-0.3, -0.25) is 4.90 Å². The number of hydrogen-bond acceptors (Lipinski definition) is 4. The van der Waals surface area contributed by atoms with E-state index in [0.29, 0.717) is 18.7 Å². The van der Waals surface area contributed by atoms with Crippen LogP contribution >= 0.6 is 0 Å². The van der Waals surface area contributed by atoms with Crippen LogP contribution in [0.1, 0.15) is 38.5 Å². The first-order chi connectivity index (χ1) is 7.65. The second-order valence-corrected chi connectivity index (χ2v) is 4.57. The number of aromatic nitrogens is 3. The lowest BCUT2D eigenvalue weighted by molar-refractivity contribution is 0.119. The van der Waals surface area contributed by atoms with Crippen molar-refractivity contribution >= 4 is 0 Å². The third-order valence-electron chi connectivity index (χ3n) is 3.25. The molecule has 1 aromatic heterocycles. The largest absolute Gasteiger partial charge is 0.377 e. The highest BCUT2D eigenvalue weighted by molar-refractivity contribution is 5.04. The molecule has 5 heteroatoms. The van der Waals surface area contributed by atoms with E-state index in [0.717, 1.165) is 24.7 Å². The second-order valence-electron chi connectivity index (χ2n) is 4.57. The van der Waals surface area contributed by atoms with Gasteiger partial charge in [0.25, 0.3) is 0 Å². The quantitative estimate of drug-likeness (QED) is 0.774. The molecule has 0 saturated heterocycles. The van der Waals surface area contributed by atoms with Crippen molar-refractivity contribution in [1.82, 2.24) is 19.7 Å². The maximum Gasteiger partial charge on any atom is 0.159 e. The molecule has 1 aromatic rings. The molecule has 1 aliphatic rings. The van der Waals surface area contributed by atoms with E-state index in [9.17, 15) is 0 Å². The zero-order chi connectivity index (χ0) is 11.7. The van der Waals surface area contributed by atoms with Gasteiger partial charge in [-0.05, 0) is 20.8 Å². The van der Waals surface area contributed by atoms with Crippen molar-refractivity contribution in [2.75, 3.05) is 13.7 Å². The van der Waals surface area contributed by atoms with Crippen molar-refractivity contribution < 1.29 is 4.74 Å². The summed E-state index contributed by atoms with van der Waals surface area (Å²) in [7, 11) is 1.69. The Morgan fingerprint density at radius 2 is 2.12 bits per heavy atom. The van der Waals surface area contributed by atoms with Gasteiger partial charge in [-0.1, -0.05) is 0 Å². The van der Waals surface area contributed by atoms with Gasteiger partial charge in [-0.15, -0.1) is 10.2 Å². The van der Waals surface area contributed by atoms with Crippen LogP contribution in [0.5, 0.6) is 0 Å². The molecule has 2 rings (SSSR count). The Kier molecular flexibility index (Phi) is 3.25. The summed E-state index contributed by atoms with van der Waals surface area (Å²) in [5.41, 5.74) is 0. The predicted molar refractivity (Wildman–Crippen MR) is 61.0 cm³/mol. The number of ether oxygens (including phenoxy) is 1. The van der Waals surface area contributed by atoms with Gasteiger partial charge >= 0.3 is 0 Å². The standard InChI is InChI=1S/C11H20N4O/c1-8(2)14-5-6-15-10(7-16-4)12-13-11(15)9(14)3/h8-9H,5-7H2,1-4H3/t9-/m1/s1. The molecule has 0 aliphatic carbocycles. The monoisotopic (exact) mass is 224 g/mol. The maximum absolute atomic E-state index is 5.12. The average molecular weight is 224 g/mol. The molecule has 0 unspecified atom stereocenters. The summed E-state index contributed by atoms with van der Waals surface area (Å²) in [4.78, 5) is 2.45. The second kappa shape index (κ2) is 4.51. The van der Waals surface area contributed by atoms with Crippen LogP contribution in [0.3, 0.4) is 0 Å². The zero-order valence-electron chi connectivity index (χ0n) is 10.5. The van der Waals surface area contributed by atoms with E-state index in [1.54, 1.807) is 7.11 Å². The summed E-state index contributed by atoms with van der Waals surface area (Å²) in [5, 5.41) is 8.47. The Hall–Kier alpha value is -0.940. The Bertz CT molecular complexity index is 361. The smallest absolute Gasteiger partial charge is 0.159 e. The van der Waals surface area contributed by atoms with E-state index in [-0.39, 0.29) is 0 Å². The number of rotatable bonds is 3. The van der Waals surface area contributed by atoms with Crippen molar-refractivity contribution in [2.24, 2.45) is 0 Å². The van der Waals surface area contributed by atoms with Crippen LogP contribution in [0.2, 0.25) is 0 Å². The molecule has 0 amide bonds. The molecule has 0 bridgehead atoms. The van der Waals surface area contributed by atoms with E-state index in [1.807, 2.05) is 0 Å². The molecular formula is C11H20N4O. The Morgan fingerprint density at radius 1 is 1.38 bits per heavy atom. The highest BCUT2D eigenvalue weighted by Gasteiger charge is 2.29. The summed E-state index contributed by atoms with van der Waals surface area (Å²) in [6.45, 7) is 9.19. The van der Waals surface area contributed by atoms with Gasteiger partial charge in [0, 0.05) is 26.2 Å². The van der Waals surface area contributed by atoms with E-state index in [4.69, 9.17) is 4.74 Å². The van der Waals surface area contributed by atoms with Crippen LogP contribution < -0.4 is 0 Å². The summed E-state index contributed by atoms with van der Waals surface area (Å²) in [5.74, 6) is 2.00. The summed E-state index contributed by atoms with van der Waals surface area (Å²) in [6.07, 6.45) is 0. The SMILES string of the molecule is COCc1nnc2n1CCN(C(C)C)[C@@H]2C. The molecule has 0 radical (unpaired) electrons. The lowest BCUT2D eigenvalue weighted by Crippen LogP contribution is -2.41. The normalized spacial score (nSPS) is 21.4. The van der Waals surface area contributed by atoms with Crippen LogP contribution in [0.4, 0.5) is 0 Å². The number of hydrogen-bond donors (Lipinski definition) is 0. The molecule has 16 heavy (non-hydrogen) atoms. The van der Waals surface area contributed by atoms with Crippen LogP contribution in [-0.4, -0.2) is 39.4 Å². The van der Waals surface area contributed by atoms with Gasteiger partial charge in [0.15, 0.2) is 5.82 Å². The number of fused-ring (bicyclic) bond motifs is 1. The molecule has 0 saturated carbocycles. The Morgan fingerprint density at radius 3 is 2.75 bits per heavy atom. The third kappa shape index (κ3) is 1.85. The van der Waals surface area contributed by atoms with Gasteiger partial charge in [-0.2, -0.15) is 0 Å². The van der Waals surface area contributed by atoms with Crippen LogP contribution in [-0.2, 0) is 17.9 Å². The lowest BCUT2D eigenvalue weighted by atomic mass is 10.1. The van der Waals surface area contributed by atoms with Crippen molar-refractivity contribution in [2.45, 2.75) is 46.0 Å². The molecule has 0 aromatic carbocycles. The molecule has 0 N–H and O–H groups in total. The van der Waals surface area contributed by atoms with Crippen molar-refractivity contribution in [3.63, 3.8) is 0 Å². The molecule has 2 heterocycles. The lowest BCUT2D eigenvalue weighted by Gasteiger charge is -2.36. The molecular weight excluding hydrogens is 204 g/mol. The van der Waals surface area contributed by atoms with Crippen molar-refractivity contribution in [1.29, 1.82) is 0 Å². The Labute approximate surface area is 96.4 Å². The fourth-order valence-electron chi connectivity index (χ4n) is 2.40. The fraction of sp³-hybridized carbons (Fsp3) is 0.818. The fourth-order valence-corrected chi connectivity index (χ4v) is 2.40. The zero-order valence-corrected chi connectivity index (χ0v) is 10.5. The van der Waals surface area contributed by atoms with E-state index >= 15 is 0 Å². The van der Waals surface area contributed by atoms with E-state index in [1.165, 1.54) is 0 Å². The predicted octanol–water partition coefficient (Wildman–Crippen LogP) is 1.21. The topological polar surface area (TPSA) is 43.2 Å². The van der Waals surface area contributed by atoms with Crippen LogP contribution in [0.15, 0.2) is 0 Å².